The Balaban J connectivity index is 2.19. The van der Waals surface area contributed by atoms with E-state index in [4.69, 9.17) is 5.73 Å². The van der Waals surface area contributed by atoms with Crippen LogP contribution in [0.4, 0.5) is 5.82 Å². The Morgan fingerprint density at radius 3 is 2.89 bits per heavy atom. The number of nitrogen functional groups attached to an aromatic ring is 1. The van der Waals surface area contributed by atoms with E-state index in [1.54, 1.807) is 6.20 Å². The molecule has 0 amide bonds. The fourth-order valence-corrected chi connectivity index (χ4v) is 1.93. The highest BCUT2D eigenvalue weighted by atomic mass is 15.3. The van der Waals surface area contributed by atoms with Crippen LogP contribution in [0.3, 0.4) is 0 Å². The molecule has 3 heterocycles. The maximum Gasteiger partial charge on any atom is 0.135 e. The van der Waals surface area contributed by atoms with E-state index in [2.05, 4.69) is 34.1 Å². The highest BCUT2D eigenvalue weighted by Crippen LogP contribution is 2.28. The lowest BCUT2D eigenvalue weighted by molar-refractivity contribution is 0.534. The van der Waals surface area contributed by atoms with Gasteiger partial charge in [-0.15, -0.1) is 0 Å². The van der Waals surface area contributed by atoms with Gasteiger partial charge in [-0.2, -0.15) is 10.2 Å². The van der Waals surface area contributed by atoms with E-state index in [0.717, 1.165) is 22.3 Å². The summed E-state index contributed by atoms with van der Waals surface area (Å²) in [5.74, 6) is 0.468. The topological polar surface area (TPSA) is 85.4 Å². The van der Waals surface area contributed by atoms with E-state index in [-0.39, 0.29) is 0 Å². The number of nitrogens with zero attached hydrogens (tertiary/aromatic N) is 4. The molecule has 0 aromatic carbocycles. The molecule has 3 aromatic rings. The van der Waals surface area contributed by atoms with E-state index in [9.17, 15) is 0 Å². The van der Waals surface area contributed by atoms with Crippen LogP contribution in [-0.2, 0) is 0 Å². The van der Waals surface area contributed by atoms with Crippen LogP contribution in [0.1, 0.15) is 19.9 Å². The molecule has 0 unspecified atom stereocenters. The van der Waals surface area contributed by atoms with Crippen molar-refractivity contribution in [2.75, 3.05) is 5.73 Å². The molecule has 0 spiro atoms. The zero-order chi connectivity index (χ0) is 12.7. The molecule has 0 fully saturated rings. The number of H-pyrrole nitrogens is 1. The molecule has 0 saturated heterocycles. The summed E-state index contributed by atoms with van der Waals surface area (Å²) >= 11 is 0. The maximum atomic E-state index is 5.90. The van der Waals surface area contributed by atoms with Gasteiger partial charge in [0.1, 0.15) is 17.2 Å². The van der Waals surface area contributed by atoms with Gasteiger partial charge in [0.2, 0.25) is 0 Å². The molecule has 6 nitrogen and oxygen atoms in total. The Kier molecular flexibility index (Phi) is 2.29. The Morgan fingerprint density at radius 1 is 1.33 bits per heavy atom. The second-order valence-corrected chi connectivity index (χ2v) is 4.47. The van der Waals surface area contributed by atoms with Crippen LogP contribution >= 0.6 is 0 Å². The van der Waals surface area contributed by atoms with Crippen molar-refractivity contribution in [3.8, 4) is 11.4 Å². The van der Waals surface area contributed by atoms with Gasteiger partial charge in [0.05, 0.1) is 10.9 Å². The summed E-state index contributed by atoms with van der Waals surface area (Å²) in [7, 11) is 0. The number of rotatable bonds is 2. The first-order chi connectivity index (χ1) is 8.66. The van der Waals surface area contributed by atoms with Crippen molar-refractivity contribution in [2.45, 2.75) is 19.9 Å². The second-order valence-electron chi connectivity index (χ2n) is 4.47. The van der Waals surface area contributed by atoms with Crippen LogP contribution in [0.15, 0.2) is 24.5 Å². The lowest BCUT2D eigenvalue weighted by Gasteiger charge is -2.03. The predicted molar refractivity (Wildman–Crippen MR) is 69.9 cm³/mol. The van der Waals surface area contributed by atoms with Crippen molar-refractivity contribution < 1.29 is 0 Å². The van der Waals surface area contributed by atoms with Crippen LogP contribution in [0.2, 0.25) is 0 Å². The zero-order valence-corrected chi connectivity index (χ0v) is 10.3. The van der Waals surface area contributed by atoms with Crippen LogP contribution in [0.25, 0.3) is 22.3 Å². The minimum atomic E-state index is 0.319. The molecule has 6 heteroatoms. The number of pyridine rings is 1. The third-order valence-corrected chi connectivity index (χ3v) is 2.89. The first kappa shape index (κ1) is 10.8. The standard InChI is InChI=1S/C12H14N6/c1-7(2)18-6-4-9(17-18)11-10-8(15-16-11)3-5-14-12(10)13/h3-7H,1-2H3,(H2,13,14)(H,15,16). The van der Waals surface area contributed by atoms with Gasteiger partial charge in [-0.3, -0.25) is 9.78 Å². The number of nitrogens with two attached hydrogens (primary N) is 1. The Hall–Kier alpha value is -2.37. The third-order valence-electron chi connectivity index (χ3n) is 2.89. The average Bonchev–Trinajstić information content (AvgIpc) is 2.94. The number of anilines is 1. The molecule has 0 aliphatic carbocycles. The molecule has 0 aliphatic heterocycles. The number of aromatic nitrogens is 5. The predicted octanol–water partition coefficient (Wildman–Crippen LogP) is 1.98. The molecule has 0 saturated carbocycles. The summed E-state index contributed by atoms with van der Waals surface area (Å²) in [4.78, 5) is 4.09. The van der Waals surface area contributed by atoms with Gasteiger partial charge in [-0.05, 0) is 26.0 Å². The van der Waals surface area contributed by atoms with Gasteiger partial charge in [0, 0.05) is 18.4 Å². The first-order valence-corrected chi connectivity index (χ1v) is 5.81. The molecule has 0 radical (unpaired) electrons. The quantitative estimate of drug-likeness (QED) is 0.719. The Bertz CT molecular complexity index is 693. The number of hydrogen-bond donors (Lipinski definition) is 2. The molecule has 92 valence electrons. The van der Waals surface area contributed by atoms with E-state index < -0.39 is 0 Å². The van der Waals surface area contributed by atoms with Crippen molar-refractivity contribution in [2.24, 2.45) is 0 Å². The highest BCUT2D eigenvalue weighted by Gasteiger charge is 2.14. The van der Waals surface area contributed by atoms with Crippen molar-refractivity contribution in [1.82, 2.24) is 25.0 Å². The number of fused-ring (bicyclic) bond motifs is 1. The van der Waals surface area contributed by atoms with Crippen LogP contribution in [0, 0.1) is 0 Å². The number of aromatic amines is 1. The van der Waals surface area contributed by atoms with Gasteiger partial charge < -0.3 is 5.73 Å². The normalized spacial score (nSPS) is 11.5. The van der Waals surface area contributed by atoms with Crippen LogP contribution in [-0.4, -0.2) is 25.0 Å². The van der Waals surface area contributed by atoms with Crippen molar-refractivity contribution in [1.29, 1.82) is 0 Å². The summed E-state index contributed by atoms with van der Waals surface area (Å²) < 4.78 is 1.89. The molecular weight excluding hydrogens is 228 g/mol. The number of nitrogens with one attached hydrogen (secondary N) is 1. The van der Waals surface area contributed by atoms with E-state index >= 15 is 0 Å². The number of hydrogen-bond acceptors (Lipinski definition) is 4. The summed E-state index contributed by atoms with van der Waals surface area (Å²) in [5, 5.41) is 12.5. The Labute approximate surface area is 104 Å². The molecule has 0 aliphatic rings. The van der Waals surface area contributed by atoms with Crippen LogP contribution in [0.5, 0.6) is 0 Å². The average molecular weight is 242 g/mol. The third kappa shape index (κ3) is 1.54. The molecule has 18 heavy (non-hydrogen) atoms. The van der Waals surface area contributed by atoms with Crippen molar-refractivity contribution in [3.05, 3.63) is 24.5 Å². The van der Waals surface area contributed by atoms with Crippen molar-refractivity contribution >= 4 is 16.7 Å². The SMILES string of the molecule is CC(C)n1ccc(-c2n[nH]c3ccnc(N)c23)n1. The molecule has 0 bridgehead atoms. The monoisotopic (exact) mass is 242 g/mol. The highest BCUT2D eigenvalue weighted by molar-refractivity contribution is 5.98. The van der Waals surface area contributed by atoms with Gasteiger partial charge in [0.15, 0.2) is 0 Å². The van der Waals surface area contributed by atoms with E-state index in [1.165, 1.54) is 0 Å². The fourth-order valence-electron chi connectivity index (χ4n) is 1.93. The summed E-state index contributed by atoms with van der Waals surface area (Å²) in [6.45, 7) is 4.16. The fraction of sp³-hybridized carbons (Fsp3) is 0.250. The van der Waals surface area contributed by atoms with Gasteiger partial charge in [-0.1, -0.05) is 0 Å². The molecular formula is C12H14N6. The summed E-state index contributed by atoms with van der Waals surface area (Å²) in [6.07, 6.45) is 3.60. The molecule has 3 aromatic heterocycles. The molecule has 0 atom stereocenters. The lowest BCUT2D eigenvalue weighted by Crippen LogP contribution is -2.01. The van der Waals surface area contributed by atoms with Gasteiger partial charge in [0.25, 0.3) is 0 Å². The minimum Gasteiger partial charge on any atom is -0.383 e. The van der Waals surface area contributed by atoms with Gasteiger partial charge in [-0.25, -0.2) is 4.98 Å². The maximum absolute atomic E-state index is 5.90. The molecule has 3 N–H and O–H groups in total. The first-order valence-electron chi connectivity index (χ1n) is 5.81. The zero-order valence-electron chi connectivity index (χ0n) is 10.3. The summed E-state index contributed by atoms with van der Waals surface area (Å²) in [5.41, 5.74) is 8.32. The van der Waals surface area contributed by atoms with Crippen molar-refractivity contribution in [3.63, 3.8) is 0 Å². The summed E-state index contributed by atoms with van der Waals surface area (Å²) in [6, 6.07) is 4.10. The van der Waals surface area contributed by atoms with Crippen LogP contribution < -0.4 is 5.73 Å². The second kappa shape index (κ2) is 3.83. The van der Waals surface area contributed by atoms with E-state index in [1.807, 2.05) is 23.0 Å². The largest absolute Gasteiger partial charge is 0.383 e. The molecule has 3 rings (SSSR count). The Morgan fingerprint density at radius 2 is 2.17 bits per heavy atom. The minimum absolute atomic E-state index is 0.319. The van der Waals surface area contributed by atoms with Gasteiger partial charge >= 0.3 is 0 Å². The van der Waals surface area contributed by atoms with E-state index in [0.29, 0.717) is 11.9 Å². The smallest absolute Gasteiger partial charge is 0.135 e. The lowest BCUT2D eigenvalue weighted by atomic mass is 10.2.